The van der Waals surface area contributed by atoms with Crippen LogP contribution in [0.2, 0.25) is 0 Å². The van der Waals surface area contributed by atoms with Crippen molar-refractivity contribution < 1.29 is 32.0 Å². The van der Waals surface area contributed by atoms with E-state index < -0.39 is 21.6 Å². The molecule has 0 amide bonds. The van der Waals surface area contributed by atoms with Gasteiger partial charge in [-0.25, -0.2) is 8.42 Å². The zero-order chi connectivity index (χ0) is 25.3. The predicted octanol–water partition coefficient (Wildman–Crippen LogP) is 4.58. The smallest absolute Gasteiger partial charge is 0.321 e. The summed E-state index contributed by atoms with van der Waals surface area (Å²) in [7, 11) is -0.935. The highest BCUT2D eigenvalue weighted by Gasteiger charge is 2.22. The van der Waals surface area contributed by atoms with Gasteiger partial charge in [-0.1, -0.05) is 69.2 Å². The molecule has 0 atom stereocenters. The average Bonchev–Trinajstić information content (AvgIpc) is 3.22. The molecule has 0 aliphatic rings. The molecule has 186 valence electrons. The van der Waals surface area contributed by atoms with Crippen LogP contribution in [0.15, 0.2) is 64.0 Å². The number of esters is 2. The Labute approximate surface area is 212 Å². The highest BCUT2D eigenvalue weighted by Crippen LogP contribution is 2.34. The summed E-state index contributed by atoms with van der Waals surface area (Å²) in [6, 6.07) is 15.9. The summed E-state index contributed by atoms with van der Waals surface area (Å²) in [5, 5.41) is 4.15. The molecule has 35 heavy (non-hydrogen) atoms. The van der Waals surface area contributed by atoms with Crippen molar-refractivity contribution in [1.29, 1.82) is 0 Å². The van der Waals surface area contributed by atoms with Gasteiger partial charge in [-0.3, -0.25) is 9.59 Å². The molecule has 0 radical (unpaired) electrons. The van der Waals surface area contributed by atoms with Gasteiger partial charge in [-0.15, -0.1) is 0 Å². The molecule has 0 aliphatic heterocycles. The van der Waals surface area contributed by atoms with Gasteiger partial charge >= 0.3 is 11.9 Å². The summed E-state index contributed by atoms with van der Waals surface area (Å²) in [5.41, 5.74) is 3.10. The van der Waals surface area contributed by atoms with Crippen molar-refractivity contribution in [3.63, 3.8) is 0 Å². The highest BCUT2D eigenvalue weighted by molar-refractivity contribution is 8.76. The number of aryl methyl sites for hydroxylation is 1. The quantitative estimate of drug-likeness (QED) is 0.185. The molecule has 1 heterocycles. The van der Waals surface area contributed by atoms with E-state index in [2.05, 4.69) is 5.16 Å². The summed E-state index contributed by atoms with van der Waals surface area (Å²) in [6.45, 7) is 3.57. The Morgan fingerprint density at radius 2 is 1.54 bits per heavy atom. The second-order valence-corrected chi connectivity index (χ2v) is 12.0. The number of carbonyl (C=O) groups is 2. The maximum Gasteiger partial charge on any atom is 0.321 e. The van der Waals surface area contributed by atoms with Crippen LogP contribution >= 0.6 is 21.6 Å². The molecule has 0 fully saturated rings. The maximum atomic E-state index is 12.7. The van der Waals surface area contributed by atoms with Crippen LogP contribution in [0, 0.1) is 6.92 Å². The standard InChI is InChI=1S/C24H25NO7S3/c1-17-23(19-6-4-3-5-7-19)24(25-32-17)20-8-10-21(11-9-20)35(28,29)16-22(27)31-13-15-34-33-14-12-30-18(2)26/h3-11H,12-16H2,1-2H3. The van der Waals surface area contributed by atoms with E-state index in [9.17, 15) is 18.0 Å². The van der Waals surface area contributed by atoms with E-state index in [0.717, 1.165) is 11.1 Å². The number of carbonyl (C=O) groups excluding carboxylic acids is 2. The van der Waals surface area contributed by atoms with Crippen LogP contribution in [-0.4, -0.2) is 56.0 Å². The van der Waals surface area contributed by atoms with E-state index in [1.807, 2.05) is 37.3 Å². The van der Waals surface area contributed by atoms with Crippen molar-refractivity contribution in [3.05, 3.63) is 60.4 Å². The number of benzene rings is 2. The SMILES string of the molecule is CC(=O)OCCSSCCOC(=O)CS(=O)(=O)c1ccc(-c2noc(C)c2-c2ccccc2)cc1. The lowest BCUT2D eigenvalue weighted by Gasteiger charge is -2.07. The van der Waals surface area contributed by atoms with Gasteiger partial charge in [0.2, 0.25) is 0 Å². The molecule has 0 bridgehead atoms. The first kappa shape index (κ1) is 26.8. The molecule has 0 saturated heterocycles. The highest BCUT2D eigenvalue weighted by atomic mass is 33.1. The third-order valence-corrected chi connectivity index (χ3v) is 8.64. The van der Waals surface area contributed by atoms with Gasteiger partial charge in [0.1, 0.15) is 24.7 Å². The summed E-state index contributed by atoms with van der Waals surface area (Å²) >= 11 is 0. The van der Waals surface area contributed by atoms with Crippen molar-refractivity contribution in [3.8, 4) is 22.4 Å². The maximum absolute atomic E-state index is 12.7. The predicted molar refractivity (Wildman–Crippen MR) is 137 cm³/mol. The number of rotatable bonds is 12. The van der Waals surface area contributed by atoms with Gasteiger partial charge in [-0.2, -0.15) is 0 Å². The van der Waals surface area contributed by atoms with Crippen LogP contribution in [0.5, 0.6) is 0 Å². The average molecular weight is 536 g/mol. The van der Waals surface area contributed by atoms with Crippen molar-refractivity contribution in [2.45, 2.75) is 18.7 Å². The molecular formula is C24H25NO7S3. The fourth-order valence-electron chi connectivity index (χ4n) is 3.14. The Bertz CT molecular complexity index is 1240. The molecule has 1 aromatic heterocycles. The van der Waals surface area contributed by atoms with Gasteiger partial charge in [0, 0.05) is 24.0 Å². The first-order valence-electron chi connectivity index (χ1n) is 10.7. The molecule has 8 nitrogen and oxygen atoms in total. The fraction of sp³-hybridized carbons (Fsp3) is 0.292. The van der Waals surface area contributed by atoms with Crippen molar-refractivity contribution in [2.75, 3.05) is 30.5 Å². The van der Waals surface area contributed by atoms with Crippen LogP contribution in [0.1, 0.15) is 12.7 Å². The number of aromatic nitrogens is 1. The molecule has 2 aromatic carbocycles. The van der Waals surface area contributed by atoms with Gasteiger partial charge in [0.15, 0.2) is 15.6 Å². The molecule has 0 saturated carbocycles. The minimum atomic E-state index is -3.86. The monoisotopic (exact) mass is 535 g/mol. The van der Waals surface area contributed by atoms with Gasteiger partial charge in [0.05, 0.1) is 10.5 Å². The van der Waals surface area contributed by atoms with E-state index in [1.165, 1.54) is 40.6 Å². The largest absolute Gasteiger partial charge is 0.465 e. The first-order chi connectivity index (χ1) is 16.8. The third kappa shape index (κ3) is 7.87. The Balaban J connectivity index is 1.54. The normalized spacial score (nSPS) is 11.3. The van der Waals surface area contributed by atoms with E-state index in [4.69, 9.17) is 14.0 Å². The summed E-state index contributed by atoms with van der Waals surface area (Å²) in [6.07, 6.45) is 0. The number of hydrogen-bond donors (Lipinski definition) is 0. The summed E-state index contributed by atoms with van der Waals surface area (Å²) in [5.74, 6) is -0.111. The van der Waals surface area contributed by atoms with Crippen LogP contribution in [0.25, 0.3) is 22.4 Å². The molecule has 0 N–H and O–H groups in total. The minimum Gasteiger partial charge on any atom is -0.465 e. The zero-order valence-electron chi connectivity index (χ0n) is 19.3. The van der Waals surface area contributed by atoms with Crippen LogP contribution in [0.4, 0.5) is 0 Å². The molecule has 0 unspecified atom stereocenters. The Morgan fingerprint density at radius 1 is 0.914 bits per heavy atom. The number of ether oxygens (including phenoxy) is 2. The first-order valence-corrected chi connectivity index (χ1v) is 14.8. The van der Waals surface area contributed by atoms with Crippen LogP contribution in [-0.2, 0) is 28.9 Å². The fourth-order valence-corrected chi connectivity index (χ4v) is 5.91. The molecule has 3 rings (SSSR count). The Hall–Kier alpha value is -2.76. The second kappa shape index (κ2) is 12.8. The molecule has 0 spiro atoms. The number of hydrogen-bond acceptors (Lipinski definition) is 10. The van der Waals surface area contributed by atoms with Gasteiger partial charge in [0.25, 0.3) is 0 Å². The Kier molecular flexibility index (Phi) is 9.82. The van der Waals surface area contributed by atoms with Crippen molar-refractivity contribution in [2.24, 2.45) is 0 Å². The van der Waals surface area contributed by atoms with E-state index in [1.54, 1.807) is 12.1 Å². The lowest BCUT2D eigenvalue weighted by atomic mass is 10.00. The second-order valence-electron chi connectivity index (χ2n) is 7.32. The van der Waals surface area contributed by atoms with Crippen molar-refractivity contribution in [1.82, 2.24) is 5.16 Å². The molecule has 3 aromatic rings. The van der Waals surface area contributed by atoms with Crippen molar-refractivity contribution >= 4 is 43.4 Å². The summed E-state index contributed by atoms with van der Waals surface area (Å²) < 4.78 is 40.6. The van der Waals surface area contributed by atoms with Gasteiger partial charge in [-0.05, 0) is 24.6 Å². The van der Waals surface area contributed by atoms with E-state index in [-0.39, 0.29) is 17.5 Å². The Morgan fingerprint density at radius 3 is 2.17 bits per heavy atom. The number of nitrogens with zero attached hydrogens (tertiary/aromatic N) is 1. The summed E-state index contributed by atoms with van der Waals surface area (Å²) in [4.78, 5) is 22.7. The van der Waals surface area contributed by atoms with E-state index in [0.29, 0.717) is 35.1 Å². The number of sulfone groups is 1. The zero-order valence-corrected chi connectivity index (χ0v) is 21.7. The lowest BCUT2D eigenvalue weighted by Crippen LogP contribution is -2.19. The van der Waals surface area contributed by atoms with Crippen LogP contribution in [0.3, 0.4) is 0 Å². The van der Waals surface area contributed by atoms with Crippen LogP contribution < -0.4 is 0 Å². The van der Waals surface area contributed by atoms with E-state index >= 15 is 0 Å². The topological polar surface area (TPSA) is 113 Å². The molecular weight excluding hydrogens is 510 g/mol. The minimum absolute atomic E-state index is 0.0232. The molecule has 0 aliphatic carbocycles. The van der Waals surface area contributed by atoms with Gasteiger partial charge < -0.3 is 14.0 Å². The lowest BCUT2D eigenvalue weighted by molar-refractivity contribution is -0.141. The third-order valence-electron chi connectivity index (χ3n) is 4.70. The molecule has 11 heteroatoms.